The zero-order valence-corrected chi connectivity index (χ0v) is 8.40. The molecule has 0 spiro atoms. The molecule has 0 aliphatic carbocycles. The Labute approximate surface area is 86.9 Å². The molecule has 1 aromatic rings. The van der Waals surface area contributed by atoms with Crippen LogP contribution in [0.1, 0.15) is 35.9 Å². The van der Waals surface area contributed by atoms with E-state index in [-0.39, 0.29) is 11.2 Å². The molecule has 0 saturated heterocycles. The van der Waals surface area contributed by atoms with Gasteiger partial charge in [-0.2, -0.15) is 0 Å². The van der Waals surface area contributed by atoms with E-state index in [9.17, 15) is 9.59 Å². The lowest BCUT2D eigenvalue weighted by Gasteiger charge is -1.94. The van der Waals surface area contributed by atoms with Crippen molar-refractivity contribution in [3.8, 4) is 0 Å². The number of rotatable bonds is 4. The summed E-state index contributed by atoms with van der Waals surface area (Å²) in [7, 11) is 0. The summed E-state index contributed by atoms with van der Waals surface area (Å²) in [6.45, 7) is 2.03. The van der Waals surface area contributed by atoms with Crippen LogP contribution < -0.4 is 5.43 Å². The number of hydrogen-bond acceptors (Lipinski definition) is 3. The second kappa shape index (κ2) is 5.14. The van der Waals surface area contributed by atoms with E-state index in [0.29, 0.717) is 5.56 Å². The van der Waals surface area contributed by atoms with E-state index in [2.05, 4.69) is 0 Å². The van der Waals surface area contributed by atoms with Crippen molar-refractivity contribution in [2.24, 2.45) is 0 Å². The summed E-state index contributed by atoms with van der Waals surface area (Å²) in [5.41, 5.74) is 0.0273. The molecule has 4 heteroatoms. The highest BCUT2D eigenvalue weighted by Crippen LogP contribution is 2.02. The van der Waals surface area contributed by atoms with Crippen molar-refractivity contribution in [3.05, 3.63) is 40.0 Å². The molecule has 0 amide bonds. The average molecular weight is 208 g/mol. The number of carboxylic acids is 1. The second-order valence-electron chi connectivity index (χ2n) is 3.06. The van der Waals surface area contributed by atoms with Crippen LogP contribution in [0.3, 0.4) is 0 Å². The van der Waals surface area contributed by atoms with Crippen LogP contribution in [0.5, 0.6) is 0 Å². The lowest BCUT2D eigenvalue weighted by atomic mass is 10.2. The zero-order valence-electron chi connectivity index (χ0n) is 8.40. The fourth-order valence-corrected chi connectivity index (χ4v) is 1.03. The third kappa shape index (κ3) is 3.09. The third-order valence-electron chi connectivity index (χ3n) is 1.82. The fraction of sp³-hybridized carbons (Fsp3) is 0.273. The van der Waals surface area contributed by atoms with Crippen LogP contribution >= 0.6 is 0 Å². The largest absolute Gasteiger partial charge is 0.475 e. The zero-order chi connectivity index (χ0) is 11.3. The molecular formula is C11H12O4. The van der Waals surface area contributed by atoms with E-state index >= 15 is 0 Å². The van der Waals surface area contributed by atoms with Crippen LogP contribution in [0.4, 0.5) is 0 Å². The smallest absolute Gasteiger partial charge is 0.371 e. The van der Waals surface area contributed by atoms with Gasteiger partial charge in [0.05, 0.1) is 5.56 Å². The lowest BCUT2D eigenvalue weighted by molar-refractivity contribution is 0.0659. The Morgan fingerprint density at radius 1 is 1.60 bits per heavy atom. The molecule has 0 bridgehead atoms. The number of allylic oxidation sites excluding steroid dienone is 1. The number of aromatic carboxylic acids is 1. The first kappa shape index (κ1) is 11.2. The standard InChI is InChI=1S/C11H12O4/c1-2-3-4-5-8-7-15-10(11(13)14)6-9(8)12/h4-7H,2-3H2,1H3,(H,13,14). The summed E-state index contributed by atoms with van der Waals surface area (Å²) < 4.78 is 4.78. The Hall–Kier alpha value is -1.84. The number of carboxylic acid groups (broad SMARTS) is 1. The van der Waals surface area contributed by atoms with E-state index in [0.717, 1.165) is 25.2 Å². The van der Waals surface area contributed by atoms with E-state index in [1.165, 1.54) is 0 Å². The predicted molar refractivity (Wildman–Crippen MR) is 55.9 cm³/mol. The molecule has 0 fully saturated rings. The van der Waals surface area contributed by atoms with Gasteiger partial charge in [-0.3, -0.25) is 4.79 Å². The Balaban J connectivity index is 2.94. The van der Waals surface area contributed by atoms with Crippen LogP contribution in [0, 0.1) is 0 Å². The van der Waals surface area contributed by atoms with Gasteiger partial charge < -0.3 is 9.52 Å². The molecular weight excluding hydrogens is 196 g/mol. The van der Waals surface area contributed by atoms with E-state index in [1.54, 1.807) is 6.08 Å². The highest BCUT2D eigenvalue weighted by molar-refractivity contribution is 5.84. The summed E-state index contributed by atoms with van der Waals surface area (Å²) in [4.78, 5) is 21.8. The highest BCUT2D eigenvalue weighted by atomic mass is 16.4. The second-order valence-corrected chi connectivity index (χ2v) is 3.06. The molecule has 15 heavy (non-hydrogen) atoms. The van der Waals surface area contributed by atoms with Gasteiger partial charge in [0.15, 0.2) is 5.43 Å². The minimum atomic E-state index is -1.24. The van der Waals surface area contributed by atoms with Crippen molar-refractivity contribution >= 4 is 12.0 Å². The Bertz CT molecular complexity index is 428. The van der Waals surface area contributed by atoms with E-state index in [1.807, 2.05) is 13.0 Å². The molecule has 0 saturated carbocycles. The van der Waals surface area contributed by atoms with E-state index in [4.69, 9.17) is 9.52 Å². The van der Waals surface area contributed by atoms with Gasteiger partial charge >= 0.3 is 5.97 Å². The van der Waals surface area contributed by atoms with Crippen molar-refractivity contribution in [1.82, 2.24) is 0 Å². The first-order chi connectivity index (χ1) is 7.15. The van der Waals surface area contributed by atoms with Crippen molar-refractivity contribution in [1.29, 1.82) is 0 Å². The summed E-state index contributed by atoms with van der Waals surface area (Å²) in [5, 5.41) is 8.56. The molecule has 1 aromatic heterocycles. The Morgan fingerprint density at radius 2 is 2.33 bits per heavy atom. The average Bonchev–Trinajstić information content (AvgIpc) is 2.20. The first-order valence-corrected chi connectivity index (χ1v) is 4.68. The quantitative estimate of drug-likeness (QED) is 0.823. The summed E-state index contributed by atoms with van der Waals surface area (Å²) in [6, 6.07) is 0.980. The molecule has 0 unspecified atom stereocenters. The van der Waals surface area contributed by atoms with Gasteiger partial charge in [0.1, 0.15) is 6.26 Å². The first-order valence-electron chi connectivity index (χ1n) is 4.68. The van der Waals surface area contributed by atoms with Gasteiger partial charge in [-0.1, -0.05) is 25.5 Å². The minimum absolute atomic E-state index is 0.340. The SMILES string of the molecule is CCCC=Cc1coc(C(=O)O)cc1=O. The van der Waals surface area contributed by atoms with Crippen molar-refractivity contribution < 1.29 is 14.3 Å². The van der Waals surface area contributed by atoms with Crippen LogP contribution in [0.2, 0.25) is 0 Å². The number of carbonyl (C=O) groups is 1. The molecule has 1 N–H and O–H groups in total. The minimum Gasteiger partial charge on any atom is -0.475 e. The molecule has 0 aliphatic rings. The van der Waals surface area contributed by atoms with Crippen molar-refractivity contribution in [3.63, 3.8) is 0 Å². The predicted octanol–water partition coefficient (Wildman–Crippen LogP) is 2.15. The molecule has 4 nitrogen and oxygen atoms in total. The van der Waals surface area contributed by atoms with Gasteiger partial charge in [0.25, 0.3) is 0 Å². The van der Waals surface area contributed by atoms with Crippen LogP contribution in [0.25, 0.3) is 6.08 Å². The van der Waals surface area contributed by atoms with Gasteiger partial charge in [-0.25, -0.2) is 4.79 Å². The lowest BCUT2D eigenvalue weighted by Crippen LogP contribution is -2.07. The summed E-state index contributed by atoms with van der Waals surface area (Å²) in [6.07, 6.45) is 6.53. The molecule has 0 aromatic carbocycles. The topological polar surface area (TPSA) is 67.5 Å². The monoisotopic (exact) mass is 208 g/mol. The number of unbranched alkanes of at least 4 members (excludes halogenated alkanes) is 1. The van der Waals surface area contributed by atoms with Crippen LogP contribution in [-0.4, -0.2) is 11.1 Å². The maximum Gasteiger partial charge on any atom is 0.371 e. The molecule has 0 radical (unpaired) electrons. The highest BCUT2D eigenvalue weighted by Gasteiger charge is 2.07. The van der Waals surface area contributed by atoms with Gasteiger partial charge in [-0.05, 0) is 6.42 Å². The Morgan fingerprint density at radius 3 is 2.87 bits per heavy atom. The maximum atomic E-state index is 11.4. The van der Waals surface area contributed by atoms with Crippen molar-refractivity contribution in [2.45, 2.75) is 19.8 Å². The van der Waals surface area contributed by atoms with E-state index < -0.39 is 5.97 Å². The summed E-state index contributed by atoms with van der Waals surface area (Å²) >= 11 is 0. The van der Waals surface area contributed by atoms with Crippen LogP contribution in [-0.2, 0) is 0 Å². The molecule has 0 atom stereocenters. The maximum absolute atomic E-state index is 11.4. The normalized spacial score (nSPS) is 10.7. The molecule has 1 rings (SSSR count). The van der Waals surface area contributed by atoms with Crippen LogP contribution in [0.15, 0.2) is 27.6 Å². The van der Waals surface area contributed by atoms with Gasteiger partial charge in [0.2, 0.25) is 5.76 Å². The fourth-order valence-electron chi connectivity index (χ4n) is 1.03. The molecule has 80 valence electrons. The van der Waals surface area contributed by atoms with Gasteiger partial charge in [0, 0.05) is 6.07 Å². The molecule has 0 aliphatic heterocycles. The number of hydrogen-bond donors (Lipinski definition) is 1. The van der Waals surface area contributed by atoms with Crippen molar-refractivity contribution in [2.75, 3.05) is 0 Å². The summed E-state index contributed by atoms with van der Waals surface area (Å²) in [5.74, 6) is -1.58. The third-order valence-corrected chi connectivity index (χ3v) is 1.82. The molecule has 1 heterocycles. The Kier molecular flexibility index (Phi) is 3.85. The van der Waals surface area contributed by atoms with Gasteiger partial charge in [-0.15, -0.1) is 0 Å².